The monoisotopic (exact) mass is 490 g/mol. The Hall–Kier alpha value is -3.84. The Balaban J connectivity index is 1.36. The number of hydrogen-bond donors (Lipinski definition) is 2. The number of benzene rings is 3. The Morgan fingerprint density at radius 1 is 0.743 bits per heavy atom. The standard InChI is InChI=1S/C27H27ClN4O3/c1-18-9-11-22(17-23(18)28)29-27(35)32-14-12-31(13-15-32)26(34)21-10-8-19(2)24(16-21)30-25(33)20-6-4-3-5-7-20/h3-11,16-17H,12-15H2,1-2H3,(H,29,35)(H,30,33). The van der Waals surface area contributed by atoms with E-state index in [0.29, 0.717) is 53.7 Å². The van der Waals surface area contributed by atoms with Crippen molar-refractivity contribution in [2.45, 2.75) is 13.8 Å². The highest BCUT2D eigenvalue weighted by Gasteiger charge is 2.25. The first kappa shape index (κ1) is 24.3. The molecule has 7 nitrogen and oxygen atoms in total. The lowest BCUT2D eigenvalue weighted by molar-refractivity contribution is 0.0671. The van der Waals surface area contributed by atoms with Gasteiger partial charge in [-0.05, 0) is 61.4 Å². The number of halogens is 1. The van der Waals surface area contributed by atoms with Gasteiger partial charge in [0.05, 0.1) is 0 Å². The van der Waals surface area contributed by atoms with E-state index < -0.39 is 0 Å². The summed E-state index contributed by atoms with van der Waals surface area (Å²) in [5, 5.41) is 6.35. The number of aryl methyl sites for hydroxylation is 2. The van der Waals surface area contributed by atoms with Crippen LogP contribution in [-0.2, 0) is 0 Å². The molecule has 0 bridgehead atoms. The molecule has 1 saturated heterocycles. The van der Waals surface area contributed by atoms with Gasteiger partial charge < -0.3 is 20.4 Å². The highest BCUT2D eigenvalue weighted by atomic mass is 35.5. The van der Waals surface area contributed by atoms with Crippen molar-refractivity contribution in [2.24, 2.45) is 0 Å². The number of anilines is 2. The maximum absolute atomic E-state index is 13.1. The molecule has 4 rings (SSSR count). The molecular formula is C27H27ClN4O3. The van der Waals surface area contributed by atoms with Crippen molar-refractivity contribution in [3.63, 3.8) is 0 Å². The lowest BCUT2D eigenvalue weighted by Gasteiger charge is -2.34. The fraction of sp³-hybridized carbons (Fsp3) is 0.222. The maximum atomic E-state index is 13.1. The third kappa shape index (κ3) is 5.81. The SMILES string of the molecule is Cc1ccc(NC(=O)N2CCN(C(=O)c3ccc(C)c(NC(=O)c4ccccc4)c3)CC2)cc1Cl. The van der Waals surface area contributed by atoms with Crippen LogP contribution in [0.2, 0.25) is 5.02 Å². The van der Waals surface area contributed by atoms with Crippen molar-refractivity contribution in [3.8, 4) is 0 Å². The first-order valence-corrected chi connectivity index (χ1v) is 11.8. The molecule has 1 heterocycles. The van der Waals surface area contributed by atoms with Gasteiger partial charge in [0, 0.05) is 53.7 Å². The highest BCUT2D eigenvalue weighted by molar-refractivity contribution is 6.31. The van der Waals surface area contributed by atoms with E-state index in [-0.39, 0.29) is 17.8 Å². The van der Waals surface area contributed by atoms with E-state index in [2.05, 4.69) is 10.6 Å². The molecule has 2 N–H and O–H groups in total. The molecule has 3 aromatic carbocycles. The Labute approximate surface area is 209 Å². The molecule has 1 aliphatic rings. The van der Waals surface area contributed by atoms with Crippen LogP contribution in [0.5, 0.6) is 0 Å². The van der Waals surface area contributed by atoms with Gasteiger partial charge in [0.2, 0.25) is 0 Å². The predicted molar refractivity (Wildman–Crippen MR) is 138 cm³/mol. The van der Waals surface area contributed by atoms with E-state index in [1.807, 2.05) is 38.1 Å². The molecular weight excluding hydrogens is 464 g/mol. The zero-order chi connectivity index (χ0) is 24.9. The molecule has 0 atom stereocenters. The second-order valence-electron chi connectivity index (χ2n) is 8.52. The van der Waals surface area contributed by atoms with Gasteiger partial charge in [0.25, 0.3) is 11.8 Å². The Bertz CT molecular complexity index is 1250. The Morgan fingerprint density at radius 2 is 1.40 bits per heavy atom. The minimum Gasteiger partial charge on any atom is -0.335 e. The van der Waals surface area contributed by atoms with Crippen molar-refractivity contribution in [1.82, 2.24) is 9.80 Å². The van der Waals surface area contributed by atoms with Crippen molar-refractivity contribution in [2.75, 3.05) is 36.8 Å². The van der Waals surface area contributed by atoms with E-state index >= 15 is 0 Å². The molecule has 0 radical (unpaired) electrons. The van der Waals surface area contributed by atoms with Gasteiger partial charge in [-0.25, -0.2) is 4.79 Å². The zero-order valence-corrected chi connectivity index (χ0v) is 20.4. The summed E-state index contributed by atoms with van der Waals surface area (Å²) in [7, 11) is 0. The number of piperazine rings is 1. The van der Waals surface area contributed by atoms with Gasteiger partial charge in [0.15, 0.2) is 0 Å². The predicted octanol–water partition coefficient (Wildman–Crippen LogP) is 5.20. The molecule has 1 aliphatic heterocycles. The molecule has 1 fully saturated rings. The number of nitrogens with one attached hydrogen (secondary N) is 2. The smallest absolute Gasteiger partial charge is 0.321 e. The van der Waals surface area contributed by atoms with Gasteiger partial charge >= 0.3 is 6.03 Å². The van der Waals surface area contributed by atoms with E-state index in [1.54, 1.807) is 52.3 Å². The molecule has 3 aromatic rings. The Kier molecular flexibility index (Phi) is 7.36. The van der Waals surface area contributed by atoms with Crippen LogP contribution >= 0.6 is 11.6 Å². The second kappa shape index (κ2) is 10.6. The normalized spacial score (nSPS) is 13.3. The van der Waals surface area contributed by atoms with Crippen molar-refractivity contribution in [1.29, 1.82) is 0 Å². The van der Waals surface area contributed by atoms with Crippen LogP contribution < -0.4 is 10.6 Å². The zero-order valence-electron chi connectivity index (χ0n) is 19.7. The number of carbonyl (C=O) groups excluding carboxylic acids is 3. The van der Waals surface area contributed by atoms with Crippen molar-refractivity contribution < 1.29 is 14.4 Å². The van der Waals surface area contributed by atoms with Crippen LogP contribution in [0.1, 0.15) is 31.8 Å². The van der Waals surface area contributed by atoms with Gasteiger partial charge in [-0.2, -0.15) is 0 Å². The lowest BCUT2D eigenvalue weighted by atomic mass is 10.1. The third-order valence-electron chi connectivity index (χ3n) is 6.05. The summed E-state index contributed by atoms with van der Waals surface area (Å²) < 4.78 is 0. The summed E-state index contributed by atoms with van der Waals surface area (Å²) in [6.45, 7) is 5.45. The van der Waals surface area contributed by atoms with E-state index in [4.69, 9.17) is 11.6 Å². The van der Waals surface area contributed by atoms with Gasteiger partial charge in [-0.3, -0.25) is 9.59 Å². The highest BCUT2D eigenvalue weighted by Crippen LogP contribution is 2.22. The number of carbonyl (C=O) groups is 3. The molecule has 0 saturated carbocycles. The number of urea groups is 1. The van der Waals surface area contributed by atoms with Crippen LogP contribution in [0.15, 0.2) is 66.7 Å². The Morgan fingerprint density at radius 3 is 2.09 bits per heavy atom. The largest absolute Gasteiger partial charge is 0.335 e. The average molecular weight is 491 g/mol. The second-order valence-corrected chi connectivity index (χ2v) is 8.93. The molecule has 0 aromatic heterocycles. The number of nitrogens with zero attached hydrogens (tertiary/aromatic N) is 2. The van der Waals surface area contributed by atoms with E-state index in [0.717, 1.165) is 11.1 Å². The molecule has 4 amide bonds. The number of rotatable bonds is 4. The molecule has 0 spiro atoms. The minimum absolute atomic E-state index is 0.134. The minimum atomic E-state index is -0.229. The fourth-order valence-corrected chi connectivity index (χ4v) is 4.02. The van der Waals surface area contributed by atoms with Crippen LogP contribution in [0.4, 0.5) is 16.2 Å². The van der Waals surface area contributed by atoms with Crippen molar-refractivity contribution in [3.05, 3.63) is 94.0 Å². The van der Waals surface area contributed by atoms with Gasteiger partial charge in [-0.1, -0.05) is 41.9 Å². The van der Waals surface area contributed by atoms with Gasteiger partial charge in [-0.15, -0.1) is 0 Å². The molecule has 0 aliphatic carbocycles. The van der Waals surface area contributed by atoms with Crippen LogP contribution in [0.3, 0.4) is 0 Å². The lowest BCUT2D eigenvalue weighted by Crippen LogP contribution is -2.51. The molecule has 8 heteroatoms. The fourth-order valence-electron chi connectivity index (χ4n) is 3.84. The number of hydrogen-bond acceptors (Lipinski definition) is 3. The van der Waals surface area contributed by atoms with Crippen LogP contribution in [0, 0.1) is 13.8 Å². The number of amides is 4. The van der Waals surface area contributed by atoms with Gasteiger partial charge in [0.1, 0.15) is 0 Å². The van der Waals surface area contributed by atoms with Crippen LogP contribution in [0.25, 0.3) is 0 Å². The third-order valence-corrected chi connectivity index (χ3v) is 6.45. The topological polar surface area (TPSA) is 81.8 Å². The average Bonchev–Trinajstić information content (AvgIpc) is 2.87. The van der Waals surface area contributed by atoms with E-state index in [1.165, 1.54) is 0 Å². The summed E-state index contributed by atoms with van der Waals surface area (Å²) in [6, 6.07) is 19.4. The summed E-state index contributed by atoms with van der Waals surface area (Å²) in [4.78, 5) is 41.7. The summed E-state index contributed by atoms with van der Waals surface area (Å²) in [6.07, 6.45) is 0. The maximum Gasteiger partial charge on any atom is 0.321 e. The van der Waals surface area contributed by atoms with Crippen molar-refractivity contribution >= 4 is 40.8 Å². The summed E-state index contributed by atoms with van der Waals surface area (Å²) >= 11 is 6.14. The first-order valence-electron chi connectivity index (χ1n) is 11.4. The molecule has 35 heavy (non-hydrogen) atoms. The van der Waals surface area contributed by atoms with Crippen LogP contribution in [-0.4, -0.2) is 53.8 Å². The molecule has 0 unspecified atom stereocenters. The molecule has 180 valence electrons. The first-order chi connectivity index (χ1) is 16.8. The quantitative estimate of drug-likeness (QED) is 0.527. The summed E-state index contributed by atoms with van der Waals surface area (Å²) in [5.41, 5.74) is 4.07. The van der Waals surface area contributed by atoms with E-state index in [9.17, 15) is 14.4 Å². The summed E-state index contributed by atoms with van der Waals surface area (Å²) in [5.74, 6) is -0.363.